The van der Waals surface area contributed by atoms with Gasteiger partial charge in [0.15, 0.2) is 0 Å². The summed E-state index contributed by atoms with van der Waals surface area (Å²) in [6, 6.07) is 13.3. The van der Waals surface area contributed by atoms with E-state index in [1.807, 2.05) is 18.2 Å². The number of nitrogens with zero attached hydrogens (tertiary/aromatic N) is 1. The molecule has 0 spiro atoms. The molecule has 0 radical (unpaired) electrons. The van der Waals surface area contributed by atoms with Crippen LogP contribution in [0.4, 0.5) is 10.5 Å². The molecule has 4 amide bonds. The van der Waals surface area contributed by atoms with Crippen LogP contribution >= 0.6 is 38.5 Å². The first kappa shape index (κ1) is 16.8. The molecule has 0 aromatic heterocycles. The highest BCUT2D eigenvalue weighted by Crippen LogP contribution is 2.25. The Morgan fingerprint density at radius 2 is 1.79 bits per heavy atom. The molecule has 120 valence electrons. The molecular formula is C17H10BrIN2O3. The fourth-order valence-corrected chi connectivity index (χ4v) is 3.19. The van der Waals surface area contributed by atoms with Gasteiger partial charge in [-0.15, -0.1) is 0 Å². The number of amides is 4. The number of hydrogen-bond donors (Lipinski definition) is 1. The third-order valence-electron chi connectivity index (χ3n) is 3.37. The number of anilines is 1. The van der Waals surface area contributed by atoms with Gasteiger partial charge in [0.1, 0.15) is 5.57 Å². The fourth-order valence-electron chi connectivity index (χ4n) is 2.25. The summed E-state index contributed by atoms with van der Waals surface area (Å²) >= 11 is 5.43. The van der Waals surface area contributed by atoms with Crippen molar-refractivity contribution in [2.45, 2.75) is 0 Å². The van der Waals surface area contributed by atoms with Crippen molar-refractivity contribution >= 4 is 68.1 Å². The Labute approximate surface area is 160 Å². The zero-order valence-electron chi connectivity index (χ0n) is 12.1. The summed E-state index contributed by atoms with van der Waals surface area (Å²) in [6.07, 6.45) is 1.50. The summed E-state index contributed by atoms with van der Waals surface area (Å²) in [5.74, 6) is -1.35. The second kappa shape index (κ2) is 6.86. The number of barbiturate groups is 1. The van der Waals surface area contributed by atoms with Crippen LogP contribution in [-0.2, 0) is 9.59 Å². The largest absolute Gasteiger partial charge is 0.335 e. The number of hydrogen-bond acceptors (Lipinski definition) is 3. The quantitative estimate of drug-likeness (QED) is 0.391. The molecule has 2 aromatic rings. The SMILES string of the molecule is O=C1NC(=O)N(c2cccc(Br)c2)C(=O)/C1=C/c1ccccc1I. The van der Waals surface area contributed by atoms with Gasteiger partial charge in [0.25, 0.3) is 11.8 Å². The lowest BCUT2D eigenvalue weighted by atomic mass is 10.1. The van der Waals surface area contributed by atoms with Crippen LogP contribution in [0.2, 0.25) is 0 Å². The highest BCUT2D eigenvalue weighted by Gasteiger charge is 2.36. The topological polar surface area (TPSA) is 66.5 Å². The van der Waals surface area contributed by atoms with Gasteiger partial charge in [0.2, 0.25) is 0 Å². The lowest BCUT2D eigenvalue weighted by Gasteiger charge is -2.26. The van der Waals surface area contributed by atoms with Crippen LogP contribution in [0.5, 0.6) is 0 Å². The van der Waals surface area contributed by atoms with E-state index in [-0.39, 0.29) is 5.57 Å². The maximum atomic E-state index is 12.7. The first-order valence-corrected chi connectivity index (χ1v) is 8.76. The molecule has 2 aromatic carbocycles. The average Bonchev–Trinajstić information content (AvgIpc) is 2.53. The van der Waals surface area contributed by atoms with Crippen LogP contribution in [0.25, 0.3) is 6.08 Å². The van der Waals surface area contributed by atoms with E-state index < -0.39 is 17.8 Å². The Bertz CT molecular complexity index is 895. The van der Waals surface area contributed by atoms with Gasteiger partial charge in [-0.05, 0) is 58.5 Å². The van der Waals surface area contributed by atoms with E-state index in [9.17, 15) is 14.4 Å². The van der Waals surface area contributed by atoms with Gasteiger partial charge in [-0.25, -0.2) is 9.69 Å². The molecule has 1 aliphatic rings. The van der Waals surface area contributed by atoms with Crippen LogP contribution in [0, 0.1) is 3.57 Å². The van der Waals surface area contributed by atoms with E-state index >= 15 is 0 Å². The van der Waals surface area contributed by atoms with E-state index in [0.29, 0.717) is 5.69 Å². The summed E-state index contributed by atoms with van der Waals surface area (Å²) in [6.45, 7) is 0. The number of carbonyl (C=O) groups is 3. The molecule has 1 fully saturated rings. The van der Waals surface area contributed by atoms with Crippen LogP contribution in [0.3, 0.4) is 0 Å². The first-order valence-electron chi connectivity index (χ1n) is 6.89. The molecule has 0 aliphatic carbocycles. The molecule has 24 heavy (non-hydrogen) atoms. The number of imide groups is 2. The van der Waals surface area contributed by atoms with Crippen molar-refractivity contribution in [2.75, 3.05) is 4.90 Å². The number of carbonyl (C=O) groups excluding carboxylic acids is 3. The summed E-state index contributed by atoms with van der Waals surface area (Å²) in [4.78, 5) is 37.9. The highest BCUT2D eigenvalue weighted by atomic mass is 127. The fraction of sp³-hybridized carbons (Fsp3) is 0. The molecule has 1 saturated heterocycles. The minimum atomic E-state index is -0.761. The van der Waals surface area contributed by atoms with Crippen molar-refractivity contribution in [3.63, 3.8) is 0 Å². The lowest BCUT2D eigenvalue weighted by molar-refractivity contribution is -0.122. The molecule has 0 atom stereocenters. The van der Waals surface area contributed by atoms with Gasteiger partial charge in [0, 0.05) is 8.04 Å². The third kappa shape index (κ3) is 3.27. The predicted octanol–water partition coefficient (Wildman–Crippen LogP) is 3.72. The Hall–Kier alpha value is -2.00. The molecule has 1 heterocycles. The van der Waals surface area contributed by atoms with Gasteiger partial charge in [-0.2, -0.15) is 0 Å². The predicted molar refractivity (Wildman–Crippen MR) is 102 cm³/mol. The first-order chi connectivity index (χ1) is 11.5. The van der Waals surface area contributed by atoms with Crippen molar-refractivity contribution in [1.82, 2.24) is 5.32 Å². The minimum Gasteiger partial charge on any atom is -0.273 e. The van der Waals surface area contributed by atoms with Gasteiger partial charge in [-0.1, -0.05) is 40.2 Å². The van der Waals surface area contributed by atoms with Crippen LogP contribution < -0.4 is 10.2 Å². The van der Waals surface area contributed by atoms with Crippen LogP contribution in [0.15, 0.2) is 58.6 Å². The smallest absolute Gasteiger partial charge is 0.273 e. The molecule has 5 nitrogen and oxygen atoms in total. The van der Waals surface area contributed by atoms with E-state index in [2.05, 4.69) is 43.8 Å². The second-order valence-corrected chi connectivity index (χ2v) is 7.04. The third-order valence-corrected chi connectivity index (χ3v) is 4.85. The van der Waals surface area contributed by atoms with Gasteiger partial charge >= 0.3 is 6.03 Å². The van der Waals surface area contributed by atoms with Crippen molar-refractivity contribution in [3.05, 3.63) is 67.7 Å². The zero-order chi connectivity index (χ0) is 17.3. The van der Waals surface area contributed by atoms with E-state index in [4.69, 9.17) is 0 Å². The summed E-state index contributed by atoms with van der Waals surface area (Å²) in [7, 11) is 0. The summed E-state index contributed by atoms with van der Waals surface area (Å²) < 4.78 is 1.62. The summed E-state index contributed by atoms with van der Waals surface area (Å²) in [5, 5.41) is 2.21. The van der Waals surface area contributed by atoms with E-state index in [1.54, 1.807) is 30.3 Å². The molecule has 1 N–H and O–H groups in total. The lowest BCUT2D eigenvalue weighted by Crippen LogP contribution is -2.54. The monoisotopic (exact) mass is 496 g/mol. The van der Waals surface area contributed by atoms with Crippen molar-refractivity contribution in [1.29, 1.82) is 0 Å². The number of benzene rings is 2. The van der Waals surface area contributed by atoms with Crippen molar-refractivity contribution < 1.29 is 14.4 Å². The van der Waals surface area contributed by atoms with Crippen LogP contribution in [0.1, 0.15) is 5.56 Å². The van der Waals surface area contributed by atoms with E-state index in [0.717, 1.165) is 18.5 Å². The molecule has 1 aliphatic heterocycles. The number of rotatable bonds is 2. The zero-order valence-corrected chi connectivity index (χ0v) is 15.9. The summed E-state index contributed by atoms with van der Waals surface area (Å²) in [5.41, 5.74) is 1.03. The minimum absolute atomic E-state index is 0.0845. The Morgan fingerprint density at radius 3 is 2.50 bits per heavy atom. The maximum absolute atomic E-state index is 12.7. The Kier molecular flexibility index (Phi) is 4.81. The molecule has 3 rings (SSSR count). The molecule has 0 unspecified atom stereocenters. The number of halogens is 2. The van der Waals surface area contributed by atoms with Gasteiger partial charge in [0.05, 0.1) is 5.69 Å². The maximum Gasteiger partial charge on any atom is 0.335 e. The number of nitrogens with one attached hydrogen (secondary N) is 1. The number of urea groups is 1. The second-order valence-electron chi connectivity index (χ2n) is 4.96. The Balaban J connectivity index is 2.05. The van der Waals surface area contributed by atoms with E-state index in [1.165, 1.54) is 6.08 Å². The standard InChI is InChI=1S/C17H10BrIN2O3/c18-11-5-3-6-12(9-11)21-16(23)13(15(22)20-17(21)24)8-10-4-1-2-7-14(10)19/h1-9H,(H,20,22,24)/b13-8+. The molecule has 0 saturated carbocycles. The Morgan fingerprint density at radius 1 is 1.04 bits per heavy atom. The van der Waals surface area contributed by atoms with Crippen LogP contribution in [-0.4, -0.2) is 17.8 Å². The van der Waals surface area contributed by atoms with Gasteiger partial charge in [-0.3, -0.25) is 14.9 Å². The molecular weight excluding hydrogens is 487 g/mol. The highest BCUT2D eigenvalue weighted by molar-refractivity contribution is 14.1. The molecule has 0 bridgehead atoms. The normalized spacial score (nSPS) is 16.5. The average molecular weight is 497 g/mol. The van der Waals surface area contributed by atoms with Gasteiger partial charge < -0.3 is 0 Å². The van der Waals surface area contributed by atoms with Crippen molar-refractivity contribution in [2.24, 2.45) is 0 Å². The molecule has 7 heteroatoms. The van der Waals surface area contributed by atoms with Crippen molar-refractivity contribution in [3.8, 4) is 0 Å².